The van der Waals surface area contributed by atoms with Crippen molar-refractivity contribution >= 4 is 24.2 Å². The zero-order valence-corrected chi connectivity index (χ0v) is 16.3. The number of nitrogens with zero attached hydrogens (tertiary/aromatic N) is 1. The number of rotatable bonds is 7. The van der Waals surface area contributed by atoms with Crippen molar-refractivity contribution < 1.29 is 19.1 Å². The van der Waals surface area contributed by atoms with Gasteiger partial charge >= 0.3 is 0 Å². The van der Waals surface area contributed by atoms with Crippen molar-refractivity contribution in [3.05, 3.63) is 29.8 Å². The zero-order chi connectivity index (χ0) is 18.2. The topological polar surface area (TPSA) is 79.9 Å². The van der Waals surface area contributed by atoms with Crippen molar-refractivity contribution in [1.29, 1.82) is 0 Å². The Morgan fingerprint density at radius 2 is 2.12 bits per heavy atom. The second kappa shape index (κ2) is 11.0. The van der Waals surface area contributed by atoms with Gasteiger partial charge in [-0.05, 0) is 12.5 Å². The maximum absolute atomic E-state index is 12.4. The van der Waals surface area contributed by atoms with Crippen molar-refractivity contribution in [1.82, 2.24) is 15.5 Å². The van der Waals surface area contributed by atoms with Gasteiger partial charge < -0.3 is 25.0 Å². The second-order valence-electron chi connectivity index (χ2n) is 6.15. The number of carbonyl (C=O) groups excluding carboxylic acids is 2. The fourth-order valence-electron chi connectivity index (χ4n) is 2.57. The highest BCUT2D eigenvalue weighted by Gasteiger charge is 2.25. The van der Waals surface area contributed by atoms with Crippen molar-refractivity contribution in [3.63, 3.8) is 0 Å². The third-order valence-corrected chi connectivity index (χ3v) is 4.09. The molecule has 1 aromatic rings. The van der Waals surface area contributed by atoms with Crippen LogP contribution in [0.2, 0.25) is 0 Å². The predicted octanol–water partition coefficient (Wildman–Crippen LogP) is 1.13. The summed E-state index contributed by atoms with van der Waals surface area (Å²) in [6.07, 6.45) is 0.222. The summed E-state index contributed by atoms with van der Waals surface area (Å²) in [4.78, 5) is 25.7. The van der Waals surface area contributed by atoms with E-state index in [1.807, 2.05) is 31.2 Å². The van der Waals surface area contributed by atoms with E-state index in [1.54, 1.807) is 14.1 Å². The number of amides is 2. The predicted molar refractivity (Wildman–Crippen MR) is 102 cm³/mol. The molecule has 2 N–H and O–H groups in total. The van der Waals surface area contributed by atoms with Gasteiger partial charge in [0.2, 0.25) is 0 Å². The quantitative estimate of drug-likeness (QED) is 0.735. The van der Waals surface area contributed by atoms with Gasteiger partial charge in [0.15, 0.2) is 6.61 Å². The van der Waals surface area contributed by atoms with Crippen LogP contribution in [0, 0.1) is 0 Å². The molecule has 0 spiro atoms. The van der Waals surface area contributed by atoms with Crippen LogP contribution in [-0.4, -0.2) is 63.2 Å². The Kier molecular flexibility index (Phi) is 9.40. The van der Waals surface area contributed by atoms with E-state index in [0.717, 1.165) is 12.1 Å². The van der Waals surface area contributed by atoms with Gasteiger partial charge in [0.1, 0.15) is 11.9 Å². The van der Waals surface area contributed by atoms with E-state index in [4.69, 9.17) is 9.47 Å². The molecule has 8 heteroatoms. The summed E-state index contributed by atoms with van der Waals surface area (Å²) in [5, 5.41) is 6.17. The van der Waals surface area contributed by atoms with E-state index in [1.165, 1.54) is 4.90 Å². The number of likely N-dealkylation sites (N-methyl/N-ethyl adjacent to an activating group) is 1. The number of halogens is 1. The summed E-state index contributed by atoms with van der Waals surface area (Å²) in [7, 11) is 3.37. The minimum Gasteiger partial charge on any atom is -0.483 e. The molecule has 0 saturated carbocycles. The number of hydrogen-bond donors (Lipinski definition) is 2. The Morgan fingerprint density at radius 3 is 2.73 bits per heavy atom. The molecule has 1 aliphatic rings. The first-order chi connectivity index (χ1) is 12.0. The Balaban J connectivity index is 0.00000338. The molecule has 2 amide bonds. The lowest BCUT2D eigenvalue weighted by Crippen LogP contribution is -2.48. The lowest BCUT2D eigenvalue weighted by atomic mass is 10.0. The van der Waals surface area contributed by atoms with Crippen LogP contribution >= 0.6 is 12.4 Å². The largest absolute Gasteiger partial charge is 0.483 e. The average molecular weight is 386 g/mol. The fourth-order valence-corrected chi connectivity index (χ4v) is 2.57. The van der Waals surface area contributed by atoms with Crippen LogP contribution < -0.4 is 15.4 Å². The Morgan fingerprint density at radius 1 is 1.38 bits per heavy atom. The molecule has 1 fully saturated rings. The van der Waals surface area contributed by atoms with Gasteiger partial charge in [-0.3, -0.25) is 9.59 Å². The molecule has 1 heterocycles. The van der Waals surface area contributed by atoms with E-state index >= 15 is 0 Å². The van der Waals surface area contributed by atoms with Gasteiger partial charge in [-0.15, -0.1) is 12.4 Å². The van der Waals surface area contributed by atoms with Crippen LogP contribution in [-0.2, 0) is 14.3 Å². The third-order valence-electron chi connectivity index (χ3n) is 4.09. The smallest absolute Gasteiger partial charge is 0.259 e. The van der Waals surface area contributed by atoms with Gasteiger partial charge in [0, 0.05) is 32.7 Å². The highest BCUT2D eigenvalue weighted by Crippen LogP contribution is 2.27. The van der Waals surface area contributed by atoms with Crippen LogP contribution in [0.5, 0.6) is 5.75 Å². The summed E-state index contributed by atoms with van der Waals surface area (Å²) >= 11 is 0. The second-order valence-corrected chi connectivity index (χ2v) is 6.15. The molecule has 26 heavy (non-hydrogen) atoms. The number of nitrogens with one attached hydrogen (secondary N) is 2. The molecular formula is C18H28ClN3O4. The Labute approximate surface area is 160 Å². The van der Waals surface area contributed by atoms with Crippen molar-refractivity contribution in [2.75, 3.05) is 40.4 Å². The van der Waals surface area contributed by atoms with Gasteiger partial charge in [0.25, 0.3) is 11.8 Å². The molecule has 146 valence electrons. The average Bonchev–Trinajstić information content (AvgIpc) is 2.64. The number of para-hydroxylation sites is 1. The third kappa shape index (κ3) is 6.16. The molecular weight excluding hydrogens is 358 g/mol. The highest BCUT2D eigenvalue weighted by atomic mass is 35.5. The number of benzene rings is 1. The molecule has 0 bridgehead atoms. The first-order valence-electron chi connectivity index (χ1n) is 8.57. The molecule has 1 aliphatic heterocycles. The molecule has 1 saturated heterocycles. The van der Waals surface area contributed by atoms with E-state index in [2.05, 4.69) is 10.6 Å². The number of ether oxygens (including phenoxy) is 2. The number of carbonyl (C=O) groups is 2. The molecule has 0 aromatic heterocycles. The van der Waals surface area contributed by atoms with Crippen LogP contribution in [0.15, 0.2) is 24.3 Å². The molecule has 2 rings (SSSR count). The maximum Gasteiger partial charge on any atom is 0.259 e. The first kappa shape index (κ1) is 22.2. The lowest BCUT2D eigenvalue weighted by Gasteiger charge is -2.26. The van der Waals surface area contributed by atoms with Crippen LogP contribution in [0.1, 0.15) is 24.9 Å². The SMILES string of the molecule is CCC(NC(=O)C1CNCCO1)c1ccccc1OCC(=O)N(C)C.Cl. The van der Waals surface area contributed by atoms with Crippen LogP contribution in [0.3, 0.4) is 0 Å². The van der Waals surface area contributed by atoms with Gasteiger partial charge in [0.05, 0.1) is 12.6 Å². The van der Waals surface area contributed by atoms with E-state index in [9.17, 15) is 9.59 Å². The molecule has 0 radical (unpaired) electrons. The highest BCUT2D eigenvalue weighted by molar-refractivity contribution is 5.85. The minimum atomic E-state index is -0.480. The first-order valence-corrected chi connectivity index (χ1v) is 8.57. The van der Waals surface area contributed by atoms with E-state index in [-0.39, 0.29) is 36.9 Å². The maximum atomic E-state index is 12.4. The monoisotopic (exact) mass is 385 g/mol. The molecule has 0 aliphatic carbocycles. The van der Waals surface area contributed by atoms with Crippen molar-refractivity contribution in [2.24, 2.45) is 0 Å². The summed E-state index contributed by atoms with van der Waals surface area (Å²) in [6.45, 7) is 3.76. The van der Waals surface area contributed by atoms with Gasteiger partial charge in [-0.1, -0.05) is 25.1 Å². The lowest BCUT2D eigenvalue weighted by molar-refractivity contribution is -0.135. The number of morpholine rings is 1. The van der Waals surface area contributed by atoms with Crippen LogP contribution in [0.25, 0.3) is 0 Å². The molecule has 2 atom stereocenters. The Bertz CT molecular complexity index is 592. The van der Waals surface area contributed by atoms with E-state index in [0.29, 0.717) is 25.3 Å². The Hall–Kier alpha value is -1.83. The normalized spacial score (nSPS) is 17.6. The molecule has 7 nitrogen and oxygen atoms in total. The fraction of sp³-hybridized carbons (Fsp3) is 0.556. The molecule has 1 aromatic carbocycles. The van der Waals surface area contributed by atoms with Crippen molar-refractivity contribution in [2.45, 2.75) is 25.5 Å². The van der Waals surface area contributed by atoms with Gasteiger partial charge in [-0.25, -0.2) is 0 Å². The van der Waals surface area contributed by atoms with Crippen LogP contribution in [0.4, 0.5) is 0 Å². The minimum absolute atomic E-state index is 0. The molecule has 2 unspecified atom stereocenters. The summed E-state index contributed by atoms with van der Waals surface area (Å²) in [5.41, 5.74) is 0.855. The standard InChI is InChI=1S/C18H27N3O4.ClH/c1-4-14(20-18(23)16-11-19-9-10-24-16)13-7-5-6-8-15(13)25-12-17(22)21(2)3;/h5-8,14,16,19H,4,9-12H2,1-3H3,(H,20,23);1H. The summed E-state index contributed by atoms with van der Waals surface area (Å²) in [5.74, 6) is 0.347. The van der Waals surface area contributed by atoms with Gasteiger partial charge in [-0.2, -0.15) is 0 Å². The summed E-state index contributed by atoms with van der Waals surface area (Å²) < 4.78 is 11.2. The zero-order valence-electron chi connectivity index (χ0n) is 15.5. The van der Waals surface area contributed by atoms with Crippen molar-refractivity contribution in [3.8, 4) is 5.75 Å². The van der Waals surface area contributed by atoms with E-state index < -0.39 is 6.10 Å². The summed E-state index contributed by atoms with van der Waals surface area (Å²) in [6, 6.07) is 7.25. The number of hydrogen-bond acceptors (Lipinski definition) is 5.